The lowest BCUT2D eigenvalue weighted by Crippen LogP contribution is -2.31. The van der Waals surface area contributed by atoms with Crippen LogP contribution in [0.15, 0.2) is 28.8 Å². The van der Waals surface area contributed by atoms with Crippen molar-refractivity contribution >= 4 is 17.5 Å². The number of hydrogen-bond donors (Lipinski definition) is 1. The molecule has 0 saturated carbocycles. The molecule has 118 valence electrons. The van der Waals surface area contributed by atoms with Gasteiger partial charge in [-0.15, -0.1) is 0 Å². The lowest BCUT2D eigenvalue weighted by atomic mass is 10.0. The molecule has 0 unspecified atom stereocenters. The van der Waals surface area contributed by atoms with Gasteiger partial charge in [-0.25, -0.2) is 0 Å². The third-order valence-corrected chi connectivity index (χ3v) is 3.82. The molecule has 0 fully saturated rings. The molecule has 2 aromatic rings. The first-order valence-corrected chi connectivity index (χ1v) is 7.88. The van der Waals surface area contributed by atoms with Gasteiger partial charge in [-0.3, -0.25) is 4.79 Å². The summed E-state index contributed by atoms with van der Waals surface area (Å²) in [7, 11) is 0. The standard InChI is InChI=1S/C16H20ClN3O2/c1-3-11(4-2)16(21)18-10-9-14-19-15(20-22-14)12-5-7-13(17)8-6-12/h5-8,11H,3-4,9-10H2,1-2H3,(H,18,21). The topological polar surface area (TPSA) is 68.0 Å². The van der Waals surface area contributed by atoms with Crippen molar-refractivity contribution in [1.29, 1.82) is 0 Å². The van der Waals surface area contributed by atoms with E-state index in [1.807, 2.05) is 26.0 Å². The Bertz CT molecular complexity index is 606. The summed E-state index contributed by atoms with van der Waals surface area (Å²) in [6, 6.07) is 7.24. The summed E-state index contributed by atoms with van der Waals surface area (Å²) < 4.78 is 5.20. The van der Waals surface area contributed by atoms with Crippen molar-refractivity contribution in [2.45, 2.75) is 33.1 Å². The van der Waals surface area contributed by atoms with E-state index in [0.717, 1.165) is 18.4 Å². The second kappa shape index (κ2) is 7.94. The van der Waals surface area contributed by atoms with Gasteiger partial charge in [0.05, 0.1) is 0 Å². The molecular weight excluding hydrogens is 302 g/mol. The zero-order valence-corrected chi connectivity index (χ0v) is 13.6. The molecule has 0 aliphatic rings. The predicted molar refractivity (Wildman–Crippen MR) is 85.5 cm³/mol. The second-order valence-corrected chi connectivity index (χ2v) is 5.51. The maximum atomic E-state index is 11.9. The maximum absolute atomic E-state index is 11.9. The van der Waals surface area contributed by atoms with Crippen LogP contribution in [-0.2, 0) is 11.2 Å². The number of rotatable bonds is 7. The Morgan fingerprint density at radius 2 is 1.95 bits per heavy atom. The molecule has 1 aromatic carbocycles. The highest BCUT2D eigenvalue weighted by Crippen LogP contribution is 2.18. The summed E-state index contributed by atoms with van der Waals surface area (Å²) in [6.45, 7) is 4.53. The van der Waals surface area contributed by atoms with E-state index in [0.29, 0.717) is 29.7 Å². The third kappa shape index (κ3) is 4.31. The number of nitrogens with zero attached hydrogens (tertiary/aromatic N) is 2. The van der Waals surface area contributed by atoms with Crippen LogP contribution < -0.4 is 5.32 Å². The zero-order valence-electron chi connectivity index (χ0n) is 12.8. The van der Waals surface area contributed by atoms with E-state index in [2.05, 4.69) is 15.5 Å². The van der Waals surface area contributed by atoms with Gasteiger partial charge in [-0.1, -0.05) is 30.6 Å². The minimum atomic E-state index is 0.0762. The summed E-state index contributed by atoms with van der Waals surface area (Å²) in [5.41, 5.74) is 0.848. The Kier molecular flexibility index (Phi) is 5.95. The number of nitrogens with one attached hydrogen (secondary N) is 1. The van der Waals surface area contributed by atoms with Crippen molar-refractivity contribution in [3.63, 3.8) is 0 Å². The molecule has 0 bridgehead atoms. The Morgan fingerprint density at radius 3 is 2.59 bits per heavy atom. The van der Waals surface area contributed by atoms with Crippen LogP contribution in [0.25, 0.3) is 11.4 Å². The molecule has 6 heteroatoms. The minimum Gasteiger partial charge on any atom is -0.355 e. The van der Waals surface area contributed by atoms with Crippen LogP contribution >= 0.6 is 11.6 Å². The van der Waals surface area contributed by atoms with Crippen molar-refractivity contribution in [3.05, 3.63) is 35.2 Å². The van der Waals surface area contributed by atoms with Crippen LogP contribution in [0.5, 0.6) is 0 Å². The van der Waals surface area contributed by atoms with E-state index in [4.69, 9.17) is 16.1 Å². The largest absolute Gasteiger partial charge is 0.355 e. The molecule has 0 spiro atoms. The molecule has 2 rings (SSSR count). The predicted octanol–water partition coefficient (Wildman–Crippen LogP) is 3.48. The maximum Gasteiger partial charge on any atom is 0.228 e. The number of benzene rings is 1. The molecule has 0 atom stereocenters. The first-order valence-electron chi connectivity index (χ1n) is 7.50. The molecule has 0 saturated heterocycles. The summed E-state index contributed by atoms with van der Waals surface area (Å²) in [5, 5.41) is 7.51. The fraction of sp³-hybridized carbons (Fsp3) is 0.438. The van der Waals surface area contributed by atoms with Crippen LogP contribution in [-0.4, -0.2) is 22.6 Å². The molecule has 5 nitrogen and oxygen atoms in total. The Balaban J connectivity index is 1.87. The van der Waals surface area contributed by atoms with Gasteiger partial charge >= 0.3 is 0 Å². The van der Waals surface area contributed by atoms with E-state index in [1.54, 1.807) is 12.1 Å². The van der Waals surface area contributed by atoms with Gasteiger partial charge in [0, 0.05) is 29.5 Å². The van der Waals surface area contributed by atoms with Crippen LogP contribution in [0.3, 0.4) is 0 Å². The van der Waals surface area contributed by atoms with Gasteiger partial charge < -0.3 is 9.84 Å². The summed E-state index contributed by atoms with van der Waals surface area (Å²) in [4.78, 5) is 16.2. The highest BCUT2D eigenvalue weighted by atomic mass is 35.5. The van der Waals surface area contributed by atoms with Crippen LogP contribution in [0, 0.1) is 5.92 Å². The average molecular weight is 322 g/mol. The number of aromatic nitrogens is 2. The molecule has 22 heavy (non-hydrogen) atoms. The van der Waals surface area contributed by atoms with E-state index in [-0.39, 0.29) is 11.8 Å². The van der Waals surface area contributed by atoms with Gasteiger partial charge in [0.25, 0.3) is 0 Å². The monoisotopic (exact) mass is 321 g/mol. The number of hydrogen-bond acceptors (Lipinski definition) is 4. The highest BCUT2D eigenvalue weighted by molar-refractivity contribution is 6.30. The molecule has 1 amide bonds. The summed E-state index contributed by atoms with van der Waals surface area (Å²) in [5.74, 6) is 1.20. The highest BCUT2D eigenvalue weighted by Gasteiger charge is 2.14. The van der Waals surface area contributed by atoms with Crippen molar-refractivity contribution in [2.75, 3.05) is 6.54 Å². The molecule has 1 aromatic heterocycles. The van der Waals surface area contributed by atoms with Crippen LogP contribution in [0.4, 0.5) is 0 Å². The van der Waals surface area contributed by atoms with Crippen LogP contribution in [0.1, 0.15) is 32.6 Å². The molecule has 0 aliphatic carbocycles. The second-order valence-electron chi connectivity index (χ2n) is 5.07. The van der Waals surface area contributed by atoms with Crippen molar-refractivity contribution in [2.24, 2.45) is 5.92 Å². The van der Waals surface area contributed by atoms with E-state index >= 15 is 0 Å². The normalized spacial score (nSPS) is 10.9. The first-order chi connectivity index (χ1) is 10.6. The Hall–Kier alpha value is -1.88. The molecule has 1 N–H and O–H groups in total. The molecule has 0 radical (unpaired) electrons. The van der Waals surface area contributed by atoms with E-state index < -0.39 is 0 Å². The summed E-state index contributed by atoms with van der Waals surface area (Å²) >= 11 is 5.85. The SMILES string of the molecule is CCC(CC)C(=O)NCCc1nc(-c2ccc(Cl)cc2)no1. The van der Waals surface area contributed by atoms with Crippen molar-refractivity contribution in [3.8, 4) is 11.4 Å². The molecule has 0 aliphatic heterocycles. The smallest absolute Gasteiger partial charge is 0.228 e. The molecular formula is C16H20ClN3O2. The van der Waals surface area contributed by atoms with Gasteiger partial charge in [0.2, 0.25) is 17.6 Å². The quantitative estimate of drug-likeness (QED) is 0.847. The first kappa shape index (κ1) is 16.5. The van der Waals surface area contributed by atoms with Crippen molar-refractivity contribution in [1.82, 2.24) is 15.5 Å². The number of amides is 1. The number of carbonyl (C=O) groups is 1. The van der Waals surface area contributed by atoms with Gasteiger partial charge in [0.1, 0.15) is 0 Å². The number of carbonyl (C=O) groups excluding carboxylic acids is 1. The Morgan fingerprint density at radius 1 is 1.27 bits per heavy atom. The molecule has 1 heterocycles. The fourth-order valence-electron chi connectivity index (χ4n) is 2.17. The summed E-state index contributed by atoms with van der Waals surface area (Å²) in [6.07, 6.45) is 2.22. The lowest BCUT2D eigenvalue weighted by molar-refractivity contribution is -0.125. The van der Waals surface area contributed by atoms with Crippen molar-refractivity contribution < 1.29 is 9.32 Å². The van der Waals surface area contributed by atoms with Gasteiger partial charge in [0.15, 0.2) is 0 Å². The van der Waals surface area contributed by atoms with Crippen LogP contribution in [0.2, 0.25) is 5.02 Å². The average Bonchev–Trinajstić information content (AvgIpc) is 2.98. The van der Waals surface area contributed by atoms with Gasteiger partial charge in [-0.05, 0) is 37.1 Å². The van der Waals surface area contributed by atoms with E-state index in [1.165, 1.54) is 0 Å². The fourth-order valence-corrected chi connectivity index (χ4v) is 2.30. The zero-order chi connectivity index (χ0) is 15.9. The third-order valence-electron chi connectivity index (χ3n) is 3.56. The number of halogens is 1. The van der Waals surface area contributed by atoms with Gasteiger partial charge in [-0.2, -0.15) is 4.98 Å². The van der Waals surface area contributed by atoms with E-state index in [9.17, 15) is 4.79 Å². The minimum absolute atomic E-state index is 0.0762. The Labute approximate surface area is 135 Å². The lowest BCUT2D eigenvalue weighted by Gasteiger charge is -2.11.